The quantitative estimate of drug-likeness (QED) is 0.663. The summed E-state index contributed by atoms with van der Waals surface area (Å²) in [6.45, 7) is 2.14. The molecule has 0 N–H and O–H groups in total. The molecule has 1 rings (SSSR count). The minimum Gasteiger partial charge on any atom is -0.493 e. The van der Waals surface area contributed by atoms with Gasteiger partial charge in [-0.15, -0.1) is 0 Å². The van der Waals surface area contributed by atoms with Crippen molar-refractivity contribution in [2.24, 2.45) is 0 Å². The topological polar surface area (TPSA) is 35.5 Å². The van der Waals surface area contributed by atoms with Crippen LogP contribution in [0.1, 0.15) is 38.2 Å². The van der Waals surface area contributed by atoms with Crippen molar-refractivity contribution >= 4 is 5.78 Å². The average molecular weight is 250 g/mol. The summed E-state index contributed by atoms with van der Waals surface area (Å²) in [6, 6.07) is 5.63. The monoisotopic (exact) mass is 250 g/mol. The number of carbonyl (C=O) groups is 1. The Morgan fingerprint density at radius 3 is 2.44 bits per heavy atom. The van der Waals surface area contributed by atoms with Gasteiger partial charge < -0.3 is 9.47 Å². The van der Waals surface area contributed by atoms with E-state index >= 15 is 0 Å². The van der Waals surface area contributed by atoms with Crippen LogP contribution in [0.25, 0.3) is 0 Å². The molecule has 0 aliphatic heterocycles. The molecule has 0 saturated heterocycles. The van der Waals surface area contributed by atoms with E-state index in [4.69, 9.17) is 9.47 Å². The molecule has 0 amide bonds. The first-order valence-electron chi connectivity index (χ1n) is 6.43. The third-order valence-corrected chi connectivity index (χ3v) is 2.91. The summed E-state index contributed by atoms with van der Waals surface area (Å²) in [5.74, 6) is 1.66. The first kappa shape index (κ1) is 14.6. The van der Waals surface area contributed by atoms with Gasteiger partial charge in [0.15, 0.2) is 11.5 Å². The van der Waals surface area contributed by atoms with Crippen molar-refractivity contribution in [2.75, 3.05) is 14.2 Å². The Hall–Kier alpha value is -1.51. The molecule has 100 valence electrons. The van der Waals surface area contributed by atoms with Gasteiger partial charge in [0.05, 0.1) is 14.2 Å². The third-order valence-electron chi connectivity index (χ3n) is 2.91. The average Bonchev–Trinajstić information content (AvgIpc) is 2.39. The van der Waals surface area contributed by atoms with Crippen molar-refractivity contribution in [2.45, 2.75) is 39.0 Å². The van der Waals surface area contributed by atoms with E-state index in [2.05, 4.69) is 6.92 Å². The molecule has 0 atom stereocenters. The van der Waals surface area contributed by atoms with E-state index in [-0.39, 0.29) is 5.78 Å². The van der Waals surface area contributed by atoms with Crippen LogP contribution in [0.2, 0.25) is 0 Å². The van der Waals surface area contributed by atoms with Gasteiger partial charge >= 0.3 is 0 Å². The smallest absolute Gasteiger partial charge is 0.161 e. The molecule has 0 unspecified atom stereocenters. The molecule has 0 aliphatic carbocycles. The summed E-state index contributed by atoms with van der Waals surface area (Å²) in [5, 5.41) is 0. The van der Waals surface area contributed by atoms with E-state index in [9.17, 15) is 4.79 Å². The lowest BCUT2D eigenvalue weighted by Crippen LogP contribution is -2.03. The summed E-state index contributed by atoms with van der Waals surface area (Å²) in [6.07, 6.45) is 4.40. The predicted molar refractivity (Wildman–Crippen MR) is 72.4 cm³/mol. The summed E-state index contributed by atoms with van der Waals surface area (Å²) < 4.78 is 10.4. The molecule has 18 heavy (non-hydrogen) atoms. The summed E-state index contributed by atoms with van der Waals surface area (Å²) in [7, 11) is 3.21. The molecule has 0 fully saturated rings. The number of carbonyl (C=O) groups excluding carboxylic acids is 1. The van der Waals surface area contributed by atoms with Gasteiger partial charge in [0.1, 0.15) is 5.78 Å². The third kappa shape index (κ3) is 4.40. The molecule has 0 saturated carbocycles. The largest absolute Gasteiger partial charge is 0.493 e. The predicted octanol–water partition coefficient (Wildman–Crippen LogP) is 3.40. The second-order valence-electron chi connectivity index (χ2n) is 4.36. The number of rotatable bonds is 8. The van der Waals surface area contributed by atoms with Crippen LogP contribution in [0.3, 0.4) is 0 Å². The number of unbranched alkanes of at least 4 members (excludes halogenated alkanes) is 2. The van der Waals surface area contributed by atoms with E-state index in [1.807, 2.05) is 18.2 Å². The summed E-state index contributed by atoms with van der Waals surface area (Å²) in [4.78, 5) is 11.8. The van der Waals surface area contributed by atoms with E-state index in [0.29, 0.717) is 24.3 Å². The second kappa shape index (κ2) is 7.75. The highest BCUT2D eigenvalue weighted by molar-refractivity contribution is 5.81. The number of ether oxygens (including phenoxy) is 2. The van der Waals surface area contributed by atoms with Gasteiger partial charge in [-0.25, -0.2) is 0 Å². The second-order valence-corrected chi connectivity index (χ2v) is 4.36. The first-order chi connectivity index (χ1) is 8.71. The molecule has 0 spiro atoms. The van der Waals surface area contributed by atoms with Crippen LogP contribution in [0.15, 0.2) is 18.2 Å². The molecule has 1 aromatic rings. The maximum Gasteiger partial charge on any atom is 0.161 e. The van der Waals surface area contributed by atoms with Crippen LogP contribution in [-0.4, -0.2) is 20.0 Å². The van der Waals surface area contributed by atoms with Crippen molar-refractivity contribution in [1.29, 1.82) is 0 Å². The maximum atomic E-state index is 11.8. The number of hydrogen-bond donors (Lipinski definition) is 0. The fraction of sp³-hybridized carbons (Fsp3) is 0.533. The van der Waals surface area contributed by atoms with Crippen molar-refractivity contribution in [3.63, 3.8) is 0 Å². The van der Waals surface area contributed by atoms with Gasteiger partial charge in [-0.2, -0.15) is 0 Å². The highest BCUT2D eigenvalue weighted by atomic mass is 16.5. The maximum absolute atomic E-state index is 11.8. The van der Waals surface area contributed by atoms with Crippen LogP contribution in [0, 0.1) is 0 Å². The Morgan fingerprint density at radius 2 is 1.83 bits per heavy atom. The molecule has 0 aliphatic rings. The molecule has 0 bridgehead atoms. The molecule has 0 heterocycles. The van der Waals surface area contributed by atoms with Gasteiger partial charge in [0, 0.05) is 12.8 Å². The van der Waals surface area contributed by atoms with Crippen LogP contribution < -0.4 is 9.47 Å². The fourth-order valence-corrected chi connectivity index (χ4v) is 1.88. The Labute approximate surface area is 109 Å². The number of benzene rings is 1. The lowest BCUT2D eigenvalue weighted by Gasteiger charge is -2.09. The summed E-state index contributed by atoms with van der Waals surface area (Å²) >= 11 is 0. The minimum atomic E-state index is 0.288. The Morgan fingerprint density at radius 1 is 1.11 bits per heavy atom. The minimum absolute atomic E-state index is 0.288. The highest BCUT2D eigenvalue weighted by Gasteiger charge is 2.08. The zero-order valence-electron chi connectivity index (χ0n) is 11.5. The van der Waals surface area contributed by atoms with Gasteiger partial charge in [-0.1, -0.05) is 25.8 Å². The van der Waals surface area contributed by atoms with E-state index in [0.717, 1.165) is 24.8 Å². The van der Waals surface area contributed by atoms with Crippen molar-refractivity contribution in [3.05, 3.63) is 23.8 Å². The van der Waals surface area contributed by atoms with Gasteiger partial charge in [-0.3, -0.25) is 4.79 Å². The number of methoxy groups -OCH3 is 2. The van der Waals surface area contributed by atoms with Gasteiger partial charge in [-0.05, 0) is 24.1 Å². The summed E-state index contributed by atoms with van der Waals surface area (Å²) in [5.41, 5.74) is 0.981. The lowest BCUT2D eigenvalue weighted by atomic mass is 10.0. The highest BCUT2D eigenvalue weighted by Crippen LogP contribution is 2.27. The van der Waals surface area contributed by atoms with Crippen molar-refractivity contribution in [3.8, 4) is 11.5 Å². The van der Waals surface area contributed by atoms with Crippen molar-refractivity contribution in [1.82, 2.24) is 0 Å². The number of Topliss-reactive ketones (excluding diaryl/α,β-unsaturated/α-hetero) is 1. The zero-order chi connectivity index (χ0) is 13.4. The molecule has 1 aromatic carbocycles. The molecule has 0 aromatic heterocycles. The molecular weight excluding hydrogens is 228 g/mol. The van der Waals surface area contributed by atoms with Gasteiger partial charge in [0.25, 0.3) is 0 Å². The standard InChI is InChI=1S/C15H22O3/c1-4-5-6-7-13(16)10-12-8-9-14(17-2)15(11-12)18-3/h8-9,11H,4-7,10H2,1-3H3. The van der Waals surface area contributed by atoms with Crippen LogP contribution in [0.4, 0.5) is 0 Å². The SMILES string of the molecule is CCCCCC(=O)Cc1ccc(OC)c(OC)c1. The zero-order valence-corrected chi connectivity index (χ0v) is 11.5. The van der Waals surface area contributed by atoms with Gasteiger partial charge in [0.2, 0.25) is 0 Å². The Bertz CT molecular complexity index is 385. The van der Waals surface area contributed by atoms with E-state index < -0.39 is 0 Å². The van der Waals surface area contributed by atoms with Crippen LogP contribution in [0.5, 0.6) is 11.5 Å². The fourth-order valence-electron chi connectivity index (χ4n) is 1.88. The first-order valence-corrected chi connectivity index (χ1v) is 6.43. The molecular formula is C15H22O3. The van der Waals surface area contributed by atoms with Crippen LogP contribution in [-0.2, 0) is 11.2 Å². The Balaban J connectivity index is 2.59. The number of ketones is 1. The van der Waals surface area contributed by atoms with E-state index in [1.54, 1.807) is 14.2 Å². The lowest BCUT2D eigenvalue weighted by molar-refractivity contribution is -0.118. The number of hydrogen-bond acceptors (Lipinski definition) is 3. The van der Waals surface area contributed by atoms with E-state index in [1.165, 1.54) is 0 Å². The van der Waals surface area contributed by atoms with Crippen molar-refractivity contribution < 1.29 is 14.3 Å². The normalized spacial score (nSPS) is 10.2. The molecule has 3 heteroatoms. The molecule has 3 nitrogen and oxygen atoms in total. The molecule has 0 radical (unpaired) electrons. The Kier molecular flexibility index (Phi) is 6.26. The van der Waals surface area contributed by atoms with Crippen LogP contribution >= 0.6 is 0 Å².